The number of benzene rings is 1. The molecular weight excluding hydrogens is 270 g/mol. The first-order valence-corrected chi connectivity index (χ1v) is 6.73. The normalized spacial score (nSPS) is 11.2. The number of urea groups is 1. The molecule has 0 heterocycles. The van der Waals surface area contributed by atoms with Crippen LogP contribution in [0, 0.1) is 17.2 Å². The van der Waals surface area contributed by atoms with Crippen molar-refractivity contribution < 1.29 is 14.7 Å². The Morgan fingerprint density at radius 1 is 1.38 bits per heavy atom. The zero-order valence-electron chi connectivity index (χ0n) is 11.9. The van der Waals surface area contributed by atoms with Gasteiger partial charge in [0, 0.05) is 19.5 Å². The Morgan fingerprint density at radius 2 is 2.14 bits per heavy atom. The molecule has 0 aliphatic heterocycles. The number of carbonyl (C=O) groups is 2. The third-order valence-electron chi connectivity index (χ3n) is 2.97. The number of nitrogens with one attached hydrogen (secondary N) is 2. The number of carboxylic acid groups (broad SMARTS) is 1. The summed E-state index contributed by atoms with van der Waals surface area (Å²) in [6, 6.07) is 8.75. The van der Waals surface area contributed by atoms with Gasteiger partial charge in [-0.1, -0.05) is 19.1 Å². The van der Waals surface area contributed by atoms with Gasteiger partial charge in [-0.3, -0.25) is 4.79 Å². The zero-order valence-corrected chi connectivity index (χ0v) is 11.9. The second-order valence-corrected chi connectivity index (χ2v) is 4.91. The van der Waals surface area contributed by atoms with Crippen molar-refractivity contribution in [1.29, 1.82) is 5.26 Å². The average molecular weight is 289 g/mol. The molecule has 0 saturated carbocycles. The largest absolute Gasteiger partial charge is 0.481 e. The summed E-state index contributed by atoms with van der Waals surface area (Å²) >= 11 is 0. The van der Waals surface area contributed by atoms with E-state index in [-0.39, 0.29) is 18.4 Å². The smallest absolute Gasteiger partial charge is 0.315 e. The third kappa shape index (κ3) is 6.97. The highest BCUT2D eigenvalue weighted by Gasteiger charge is 2.07. The minimum Gasteiger partial charge on any atom is -0.481 e. The van der Waals surface area contributed by atoms with Gasteiger partial charge in [0.15, 0.2) is 0 Å². The van der Waals surface area contributed by atoms with E-state index in [4.69, 9.17) is 10.4 Å². The number of carboxylic acids is 1. The number of amides is 2. The van der Waals surface area contributed by atoms with Gasteiger partial charge in [-0.15, -0.1) is 0 Å². The fourth-order valence-electron chi connectivity index (χ4n) is 1.73. The van der Waals surface area contributed by atoms with E-state index in [1.165, 1.54) is 0 Å². The lowest BCUT2D eigenvalue weighted by molar-refractivity contribution is -0.137. The Labute approximate surface area is 123 Å². The Morgan fingerprint density at radius 3 is 2.81 bits per heavy atom. The first kappa shape index (κ1) is 16.5. The Bertz CT molecular complexity index is 537. The Balaban J connectivity index is 2.27. The second-order valence-electron chi connectivity index (χ2n) is 4.91. The molecule has 1 aromatic rings. The van der Waals surface area contributed by atoms with E-state index in [1.54, 1.807) is 18.2 Å². The third-order valence-corrected chi connectivity index (χ3v) is 2.97. The highest BCUT2D eigenvalue weighted by molar-refractivity contribution is 5.73. The van der Waals surface area contributed by atoms with Crippen LogP contribution in [0.1, 0.15) is 30.9 Å². The molecule has 6 heteroatoms. The summed E-state index contributed by atoms with van der Waals surface area (Å²) in [4.78, 5) is 22.0. The summed E-state index contributed by atoms with van der Waals surface area (Å²) in [7, 11) is 0. The van der Waals surface area contributed by atoms with Crippen molar-refractivity contribution in [3.63, 3.8) is 0 Å². The number of aliphatic carboxylic acids is 1. The quantitative estimate of drug-likeness (QED) is 0.713. The van der Waals surface area contributed by atoms with Crippen LogP contribution in [0.5, 0.6) is 0 Å². The minimum atomic E-state index is -0.830. The van der Waals surface area contributed by atoms with Crippen LogP contribution >= 0.6 is 0 Å². The molecule has 0 aliphatic carbocycles. The minimum absolute atomic E-state index is 0.103. The van der Waals surface area contributed by atoms with E-state index < -0.39 is 5.97 Å². The number of nitriles is 1. The SMILES string of the molecule is CC(CCC(=O)O)CNC(=O)NCc1cccc(C#N)c1. The molecule has 0 radical (unpaired) electrons. The molecule has 3 N–H and O–H groups in total. The molecule has 1 unspecified atom stereocenters. The summed E-state index contributed by atoms with van der Waals surface area (Å²) < 4.78 is 0. The molecule has 0 spiro atoms. The standard InChI is InChI=1S/C15H19N3O3/c1-11(5-6-14(19)20)9-17-15(21)18-10-13-4-2-3-12(7-13)8-16/h2-4,7,11H,5-6,9-10H2,1H3,(H,19,20)(H2,17,18,21). The van der Waals surface area contributed by atoms with E-state index in [0.717, 1.165) is 5.56 Å². The molecule has 112 valence electrons. The van der Waals surface area contributed by atoms with Crippen LogP contribution in [0.3, 0.4) is 0 Å². The maximum Gasteiger partial charge on any atom is 0.315 e. The van der Waals surface area contributed by atoms with Crippen molar-refractivity contribution in [3.05, 3.63) is 35.4 Å². The molecule has 0 aromatic heterocycles. The summed E-state index contributed by atoms with van der Waals surface area (Å²) in [6.07, 6.45) is 0.630. The molecule has 0 bridgehead atoms. The van der Waals surface area contributed by atoms with Gasteiger partial charge in [-0.2, -0.15) is 5.26 Å². The van der Waals surface area contributed by atoms with Crippen molar-refractivity contribution in [3.8, 4) is 6.07 Å². The maximum atomic E-state index is 11.6. The van der Waals surface area contributed by atoms with Crippen LogP contribution in [0.15, 0.2) is 24.3 Å². The van der Waals surface area contributed by atoms with Gasteiger partial charge in [-0.25, -0.2) is 4.79 Å². The predicted octanol–water partition coefficient (Wildman–Crippen LogP) is 1.86. The summed E-state index contributed by atoms with van der Waals surface area (Å²) in [6.45, 7) is 2.65. The molecule has 1 rings (SSSR count). The number of nitrogens with zero attached hydrogens (tertiary/aromatic N) is 1. The van der Waals surface area contributed by atoms with Gasteiger partial charge in [-0.05, 0) is 30.0 Å². The summed E-state index contributed by atoms with van der Waals surface area (Å²) in [5, 5.41) is 22.7. The fraction of sp³-hybridized carbons (Fsp3) is 0.400. The second kappa shape index (κ2) is 8.59. The van der Waals surface area contributed by atoms with E-state index in [2.05, 4.69) is 10.6 Å². The van der Waals surface area contributed by atoms with Crippen LogP contribution < -0.4 is 10.6 Å². The average Bonchev–Trinajstić information content (AvgIpc) is 2.49. The van der Waals surface area contributed by atoms with E-state index in [1.807, 2.05) is 19.1 Å². The maximum absolute atomic E-state index is 11.6. The first-order valence-electron chi connectivity index (χ1n) is 6.73. The molecule has 2 amide bonds. The van der Waals surface area contributed by atoms with Gasteiger partial charge in [0.25, 0.3) is 0 Å². The van der Waals surface area contributed by atoms with Gasteiger partial charge >= 0.3 is 12.0 Å². The lowest BCUT2D eigenvalue weighted by Gasteiger charge is -2.12. The fourth-order valence-corrected chi connectivity index (χ4v) is 1.73. The molecule has 21 heavy (non-hydrogen) atoms. The molecule has 1 aromatic carbocycles. The molecule has 0 fully saturated rings. The highest BCUT2D eigenvalue weighted by atomic mass is 16.4. The lowest BCUT2D eigenvalue weighted by Crippen LogP contribution is -2.37. The Hall–Kier alpha value is -2.55. The van der Waals surface area contributed by atoms with Crippen molar-refractivity contribution >= 4 is 12.0 Å². The van der Waals surface area contributed by atoms with Gasteiger partial charge in [0.2, 0.25) is 0 Å². The molecule has 0 saturated heterocycles. The first-order chi connectivity index (χ1) is 10.0. The molecule has 0 aliphatic rings. The van der Waals surface area contributed by atoms with Crippen molar-refractivity contribution in [2.45, 2.75) is 26.3 Å². The van der Waals surface area contributed by atoms with Crippen molar-refractivity contribution in [2.75, 3.05) is 6.54 Å². The summed E-state index contributed by atoms with van der Waals surface area (Å²) in [5.74, 6) is -0.725. The van der Waals surface area contributed by atoms with E-state index in [0.29, 0.717) is 25.1 Å². The molecular formula is C15H19N3O3. The van der Waals surface area contributed by atoms with Crippen LogP contribution in [0.2, 0.25) is 0 Å². The van der Waals surface area contributed by atoms with Crippen molar-refractivity contribution in [1.82, 2.24) is 10.6 Å². The van der Waals surface area contributed by atoms with Gasteiger partial charge in [0.05, 0.1) is 11.6 Å². The molecule has 1 atom stereocenters. The van der Waals surface area contributed by atoms with Gasteiger partial charge in [0.1, 0.15) is 0 Å². The van der Waals surface area contributed by atoms with E-state index >= 15 is 0 Å². The van der Waals surface area contributed by atoms with Gasteiger partial charge < -0.3 is 15.7 Å². The highest BCUT2D eigenvalue weighted by Crippen LogP contribution is 2.04. The number of rotatable bonds is 7. The number of hydrogen-bond donors (Lipinski definition) is 3. The summed E-state index contributed by atoms with van der Waals surface area (Å²) in [5.41, 5.74) is 1.40. The van der Waals surface area contributed by atoms with Crippen LogP contribution in [0.4, 0.5) is 4.79 Å². The topological polar surface area (TPSA) is 102 Å². The zero-order chi connectivity index (χ0) is 15.7. The molecule has 6 nitrogen and oxygen atoms in total. The van der Waals surface area contributed by atoms with E-state index in [9.17, 15) is 9.59 Å². The number of hydrogen-bond acceptors (Lipinski definition) is 3. The Kier molecular flexibility index (Phi) is 6.75. The number of carbonyl (C=O) groups excluding carboxylic acids is 1. The van der Waals surface area contributed by atoms with Crippen LogP contribution in [0.25, 0.3) is 0 Å². The van der Waals surface area contributed by atoms with Crippen LogP contribution in [-0.2, 0) is 11.3 Å². The monoisotopic (exact) mass is 289 g/mol. The van der Waals surface area contributed by atoms with Crippen LogP contribution in [-0.4, -0.2) is 23.7 Å². The predicted molar refractivity (Wildman–Crippen MR) is 77.4 cm³/mol. The lowest BCUT2D eigenvalue weighted by atomic mass is 10.1. The van der Waals surface area contributed by atoms with Crippen molar-refractivity contribution in [2.24, 2.45) is 5.92 Å².